The summed E-state index contributed by atoms with van der Waals surface area (Å²) >= 11 is 0. The summed E-state index contributed by atoms with van der Waals surface area (Å²) in [5, 5.41) is 0. The SMILES string of the molecule is CC1=C(C)N(c2ccc(-c3ccccc3-c3cc(-c4ccccc4-c4ccc(N5CN(c6ccccc6)C(C)=C5C)cc4)cc(-c4ccccc4-c4ccc(-c5ccc(C)cn5)cc4-c4ccc(-c5ccc(-c6ccccc6)cc5)cc4)c3)cc2)CN1c1ccccc1. The van der Waals surface area contributed by atoms with Gasteiger partial charge in [-0.25, -0.2) is 0 Å². The van der Waals surface area contributed by atoms with E-state index in [1.807, 2.05) is 6.20 Å². The van der Waals surface area contributed by atoms with Crippen LogP contribution >= 0.6 is 0 Å². The molecule has 0 bridgehead atoms. The molecule has 0 fully saturated rings. The first-order valence-corrected chi connectivity index (χ1v) is 32.2. The standard InChI is InChI=1S/C88H71N5/c1-60-33-52-88(89-57-60)72-46-51-86(87(56-72)71-40-38-68(39-41-71)67-36-34-66(35-37-67)65-21-9-6-10-22-65)85-32-20-19-31-84(85)75-54-73(82-29-17-15-27-80(82)69-42-47-78(48-43-69)92-58-90(61(2)63(92)4)76-23-11-7-12-24-76)53-74(55-75)83-30-18-16-28-81(83)70-44-49-79(50-45-70)93-59-91(62(3)64(93)5)77-25-13-8-14-26-77/h6-57H,58-59H2,1-5H3. The molecule has 0 radical (unpaired) electrons. The minimum absolute atomic E-state index is 0.760. The number of rotatable bonds is 14. The highest BCUT2D eigenvalue weighted by Gasteiger charge is 2.28. The molecule has 5 heteroatoms. The van der Waals surface area contributed by atoms with E-state index in [0.29, 0.717) is 0 Å². The number of hydrogen-bond acceptors (Lipinski definition) is 5. The zero-order valence-corrected chi connectivity index (χ0v) is 53.2. The lowest BCUT2D eigenvalue weighted by Gasteiger charge is -2.24. The van der Waals surface area contributed by atoms with Gasteiger partial charge in [-0.15, -0.1) is 0 Å². The van der Waals surface area contributed by atoms with Gasteiger partial charge in [-0.1, -0.05) is 231 Å². The Hall–Kier alpha value is -11.5. The molecule has 0 aliphatic carbocycles. The van der Waals surface area contributed by atoms with Crippen LogP contribution in [-0.4, -0.2) is 18.3 Å². The van der Waals surface area contributed by atoms with E-state index in [9.17, 15) is 0 Å². The number of para-hydroxylation sites is 2. The monoisotopic (exact) mass is 1200 g/mol. The molecular weight excluding hydrogens is 1130 g/mol. The number of pyridine rings is 1. The average Bonchev–Trinajstić information content (AvgIpc) is 1.42. The molecule has 1 aromatic heterocycles. The fourth-order valence-corrected chi connectivity index (χ4v) is 13.6. The van der Waals surface area contributed by atoms with Crippen LogP contribution < -0.4 is 19.6 Å². The molecule has 0 unspecified atom stereocenters. The number of hydrogen-bond donors (Lipinski definition) is 0. The van der Waals surface area contributed by atoms with E-state index in [-0.39, 0.29) is 0 Å². The molecule has 0 atom stereocenters. The summed E-state index contributed by atoms with van der Waals surface area (Å²) in [5.74, 6) is 0. The smallest absolute Gasteiger partial charge is 0.0994 e. The number of anilines is 4. The van der Waals surface area contributed by atoms with Crippen LogP contribution in [0.25, 0.3) is 111 Å². The normalized spacial score (nSPS) is 13.2. The van der Waals surface area contributed by atoms with E-state index in [0.717, 1.165) is 96.9 Å². The number of benzene rings is 12. The molecule has 12 aromatic carbocycles. The lowest BCUT2D eigenvalue weighted by molar-refractivity contribution is 0.938. The van der Waals surface area contributed by atoms with Crippen LogP contribution in [-0.2, 0) is 0 Å². The van der Waals surface area contributed by atoms with Crippen molar-refractivity contribution in [1.29, 1.82) is 0 Å². The Morgan fingerprint density at radius 2 is 0.505 bits per heavy atom. The molecule has 2 aliphatic heterocycles. The molecule has 2 aliphatic rings. The summed E-state index contributed by atoms with van der Waals surface area (Å²) < 4.78 is 0. The van der Waals surface area contributed by atoms with Crippen molar-refractivity contribution in [3.05, 3.63) is 344 Å². The molecule has 13 aromatic rings. The van der Waals surface area contributed by atoms with Crippen LogP contribution in [0.3, 0.4) is 0 Å². The first-order valence-electron chi connectivity index (χ1n) is 32.2. The Morgan fingerprint density at radius 1 is 0.215 bits per heavy atom. The summed E-state index contributed by atoms with van der Waals surface area (Å²) in [6.45, 7) is 12.5. The molecule has 0 saturated heterocycles. The second-order valence-electron chi connectivity index (χ2n) is 24.5. The third-order valence-corrected chi connectivity index (χ3v) is 19.0. The van der Waals surface area contributed by atoms with Crippen molar-refractivity contribution < 1.29 is 0 Å². The van der Waals surface area contributed by atoms with Crippen molar-refractivity contribution in [2.24, 2.45) is 0 Å². The van der Waals surface area contributed by atoms with Crippen molar-refractivity contribution in [1.82, 2.24) is 4.98 Å². The Labute approximate surface area is 547 Å². The molecule has 5 nitrogen and oxygen atoms in total. The van der Waals surface area contributed by atoms with Crippen LogP contribution in [0.15, 0.2) is 338 Å². The van der Waals surface area contributed by atoms with Gasteiger partial charge >= 0.3 is 0 Å². The van der Waals surface area contributed by atoms with Gasteiger partial charge in [-0.3, -0.25) is 4.98 Å². The Bertz CT molecular complexity index is 4740. The van der Waals surface area contributed by atoms with E-state index < -0.39 is 0 Å². The van der Waals surface area contributed by atoms with E-state index >= 15 is 0 Å². The van der Waals surface area contributed by atoms with E-state index in [1.54, 1.807) is 0 Å². The van der Waals surface area contributed by atoms with Gasteiger partial charge < -0.3 is 19.6 Å². The van der Waals surface area contributed by atoms with Gasteiger partial charge in [0.1, 0.15) is 0 Å². The van der Waals surface area contributed by atoms with Crippen molar-refractivity contribution in [2.75, 3.05) is 32.9 Å². The second-order valence-corrected chi connectivity index (χ2v) is 24.5. The lowest BCUT2D eigenvalue weighted by Crippen LogP contribution is -2.26. The average molecular weight is 1200 g/mol. The summed E-state index contributed by atoms with van der Waals surface area (Å²) in [7, 11) is 0. The fraction of sp³-hybridized carbons (Fsp3) is 0.0795. The summed E-state index contributed by atoms with van der Waals surface area (Å²) in [4.78, 5) is 14.6. The predicted octanol–water partition coefficient (Wildman–Crippen LogP) is 23.1. The van der Waals surface area contributed by atoms with Gasteiger partial charge in [0.05, 0.1) is 19.0 Å². The van der Waals surface area contributed by atoms with Crippen LogP contribution in [0, 0.1) is 6.92 Å². The van der Waals surface area contributed by atoms with Gasteiger partial charge in [0.15, 0.2) is 0 Å². The van der Waals surface area contributed by atoms with Gasteiger partial charge in [0.2, 0.25) is 0 Å². The molecule has 0 N–H and O–H groups in total. The maximum absolute atomic E-state index is 4.94. The largest absolute Gasteiger partial charge is 0.325 e. The quantitative estimate of drug-likeness (QED) is 0.108. The number of nitrogens with zero attached hydrogens (tertiary/aromatic N) is 5. The summed E-state index contributed by atoms with van der Waals surface area (Å²) in [5.41, 5.74) is 33.7. The Kier molecular flexibility index (Phi) is 15.6. The van der Waals surface area contributed by atoms with E-state index in [4.69, 9.17) is 4.98 Å². The molecule has 0 saturated carbocycles. The molecule has 0 amide bonds. The van der Waals surface area contributed by atoms with Gasteiger partial charge in [0, 0.05) is 57.3 Å². The van der Waals surface area contributed by atoms with E-state index in [1.165, 1.54) is 78.9 Å². The lowest BCUT2D eigenvalue weighted by atomic mass is 9.84. The zero-order valence-electron chi connectivity index (χ0n) is 53.2. The first kappa shape index (κ1) is 57.9. The molecule has 15 rings (SSSR count). The summed E-state index contributed by atoms with van der Waals surface area (Å²) in [6.07, 6.45) is 1.96. The maximum Gasteiger partial charge on any atom is 0.0994 e. The molecule has 3 heterocycles. The topological polar surface area (TPSA) is 25.9 Å². The highest BCUT2D eigenvalue weighted by atomic mass is 15.4. The predicted molar refractivity (Wildman–Crippen MR) is 393 cm³/mol. The van der Waals surface area contributed by atoms with Crippen molar-refractivity contribution >= 4 is 22.7 Å². The van der Waals surface area contributed by atoms with Gasteiger partial charge in [0.25, 0.3) is 0 Å². The third-order valence-electron chi connectivity index (χ3n) is 19.0. The minimum Gasteiger partial charge on any atom is -0.325 e. The molecule has 0 spiro atoms. The fourth-order valence-electron chi connectivity index (χ4n) is 13.6. The van der Waals surface area contributed by atoms with Crippen LogP contribution in [0.5, 0.6) is 0 Å². The Balaban J connectivity index is 0.842. The minimum atomic E-state index is 0.760. The van der Waals surface area contributed by atoms with Gasteiger partial charge in [-0.05, 0) is 219 Å². The molecular formula is C88H71N5. The number of aromatic nitrogens is 1. The summed E-state index contributed by atoms with van der Waals surface area (Å²) in [6, 6.07) is 114. The number of aryl methyl sites for hydroxylation is 1. The Morgan fingerprint density at radius 3 is 0.903 bits per heavy atom. The second kappa shape index (κ2) is 25.0. The van der Waals surface area contributed by atoms with Gasteiger partial charge in [-0.2, -0.15) is 0 Å². The van der Waals surface area contributed by atoms with Crippen LogP contribution in [0.2, 0.25) is 0 Å². The number of allylic oxidation sites excluding steroid dienone is 4. The first-order chi connectivity index (χ1) is 45.7. The maximum atomic E-state index is 4.94. The van der Waals surface area contributed by atoms with Crippen molar-refractivity contribution in [3.8, 4) is 111 Å². The third kappa shape index (κ3) is 11.4. The van der Waals surface area contributed by atoms with Crippen LogP contribution in [0.1, 0.15) is 33.3 Å². The zero-order chi connectivity index (χ0) is 62.9. The highest BCUT2D eigenvalue weighted by Crippen LogP contribution is 2.46. The van der Waals surface area contributed by atoms with Crippen molar-refractivity contribution in [2.45, 2.75) is 34.6 Å². The highest BCUT2D eigenvalue weighted by molar-refractivity contribution is 5.98. The molecule has 93 heavy (non-hydrogen) atoms. The van der Waals surface area contributed by atoms with Crippen molar-refractivity contribution in [3.63, 3.8) is 0 Å². The van der Waals surface area contributed by atoms with E-state index in [2.05, 4.69) is 364 Å². The molecule has 448 valence electrons. The van der Waals surface area contributed by atoms with Crippen LogP contribution in [0.4, 0.5) is 22.7 Å².